The molecule has 0 saturated carbocycles. The standard InChI is InChI=1S/C21H20FN3O4S/c1-27-16-8-13(9-17(28-2)19(16)29-3)10-18-20(26)25-12-24(11-23-21(25)30-18)15-6-4-14(22)5-7-15/h4-10H,11-12H2,1-3H3/b18-10-. The molecule has 2 aromatic carbocycles. The van der Waals surface area contributed by atoms with Gasteiger partial charge in [-0.25, -0.2) is 9.38 Å². The number of benzene rings is 2. The van der Waals surface area contributed by atoms with Gasteiger partial charge in [0, 0.05) is 5.69 Å². The Morgan fingerprint density at radius 3 is 2.33 bits per heavy atom. The fourth-order valence-corrected chi connectivity index (χ4v) is 4.23. The van der Waals surface area contributed by atoms with E-state index in [-0.39, 0.29) is 11.4 Å². The van der Waals surface area contributed by atoms with Crippen molar-refractivity contribution in [2.45, 2.75) is 6.67 Å². The van der Waals surface area contributed by atoms with E-state index in [1.807, 2.05) is 4.90 Å². The lowest BCUT2D eigenvalue weighted by molar-refractivity contribution is 0.324. The van der Waals surface area contributed by atoms with E-state index in [0.29, 0.717) is 39.9 Å². The minimum absolute atomic E-state index is 0.140. The van der Waals surface area contributed by atoms with Gasteiger partial charge in [-0.05, 0) is 48.0 Å². The van der Waals surface area contributed by atoms with Crippen LogP contribution in [0.3, 0.4) is 0 Å². The predicted molar refractivity (Wildman–Crippen MR) is 113 cm³/mol. The first kappa shape index (κ1) is 20.0. The molecule has 0 spiro atoms. The maximum atomic E-state index is 13.2. The Kier molecular flexibility index (Phi) is 5.45. The molecule has 2 heterocycles. The number of rotatable bonds is 5. The molecule has 156 valence electrons. The monoisotopic (exact) mass is 429 g/mol. The van der Waals surface area contributed by atoms with Gasteiger partial charge in [0.05, 0.1) is 25.9 Å². The minimum Gasteiger partial charge on any atom is -0.493 e. The second-order valence-corrected chi connectivity index (χ2v) is 7.55. The van der Waals surface area contributed by atoms with Crippen molar-refractivity contribution in [2.24, 2.45) is 4.99 Å². The SMILES string of the molecule is COc1cc(/C=c2\sc3n(c2=O)CN(c2ccc(F)cc2)CN=3)cc(OC)c1OC. The zero-order valence-corrected chi connectivity index (χ0v) is 17.5. The molecular weight excluding hydrogens is 409 g/mol. The van der Waals surface area contributed by atoms with Gasteiger partial charge in [-0.1, -0.05) is 11.3 Å². The molecule has 0 fully saturated rings. The van der Waals surface area contributed by atoms with Crippen LogP contribution in [0.4, 0.5) is 10.1 Å². The number of fused-ring (bicyclic) bond motifs is 1. The highest BCUT2D eigenvalue weighted by molar-refractivity contribution is 7.07. The summed E-state index contributed by atoms with van der Waals surface area (Å²) in [5.41, 5.74) is 1.41. The van der Waals surface area contributed by atoms with Crippen LogP contribution in [0.2, 0.25) is 0 Å². The molecule has 1 aliphatic rings. The normalized spacial score (nSPS) is 13.6. The number of ether oxygens (including phenoxy) is 3. The van der Waals surface area contributed by atoms with Crippen molar-refractivity contribution in [3.8, 4) is 17.2 Å². The number of nitrogens with zero attached hydrogens (tertiary/aromatic N) is 3. The van der Waals surface area contributed by atoms with E-state index in [1.54, 1.807) is 49.1 Å². The summed E-state index contributed by atoms with van der Waals surface area (Å²) in [4.78, 5) is 20.1. The predicted octanol–water partition coefficient (Wildman–Crippen LogP) is 1.96. The molecule has 4 rings (SSSR count). The van der Waals surface area contributed by atoms with E-state index in [9.17, 15) is 9.18 Å². The molecule has 30 heavy (non-hydrogen) atoms. The van der Waals surface area contributed by atoms with Crippen LogP contribution in [0.15, 0.2) is 46.2 Å². The van der Waals surface area contributed by atoms with Gasteiger partial charge in [0.25, 0.3) is 5.56 Å². The molecule has 9 heteroatoms. The van der Waals surface area contributed by atoms with Gasteiger partial charge in [0.15, 0.2) is 16.3 Å². The summed E-state index contributed by atoms with van der Waals surface area (Å²) in [6, 6.07) is 9.71. The summed E-state index contributed by atoms with van der Waals surface area (Å²) in [7, 11) is 4.63. The highest BCUT2D eigenvalue weighted by Crippen LogP contribution is 2.38. The summed E-state index contributed by atoms with van der Waals surface area (Å²) < 4.78 is 31.5. The molecule has 1 aromatic heterocycles. The lowest BCUT2D eigenvalue weighted by Crippen LogP contribution is -2.42. The molecule has 0 aliphatic carbocycles. The average Bonchev–Trinajstić information content (AvgIpc) is 3.08. The number of thiazole rings is 1. The van der Waals surface area contributed by atoms with Gasteiger partial charge in [-0.2, -0.15) is 0 Å². The summed E-state index contributed by atoms with van der Waals surface area (Å²) in [5.74, 6) is 1.21. The Bertz CT molecular complexity index is 1230. The maximum Gasteiger partial charge on any atom is 0.271 e. The third-order valence-corrected chi connectivity index (χ3v) is 5.80. The first-order valence-corrected chi connectivity index (χ1v) is 9.92. The Balaban J connectivity index is 1.73. The van der Waals surface area contributed by atoms with Crippen LogP contribution in [-0.4, -0.2) is 32.6 Å². The smallest absolute Gasteiger partial charge is 0.271 e. The molecule has 0 saturated heterocycles. The third kappa shape index (κ3) is 3.63. The van der Waals surface area contributed by atoms with Gasteiger partial charge in [-0.3, -0.25) is 9.36 Å². The molecule has 7 nitrogen and oxygen atoms in total. The molecule has 0 N–H and O–H groups in total. The highest BCUT2D eigenvalue weighted by Gasteiger charge is 2.17. The first-order chi connectivity index (χ1) is 14.5. The molecular formula is C21H20FN3O4S. The average molecular weight is 429 g/mol. The maximum absolute atomic E-state index is 13.2. The number of hydrogen-bond acceptors (Lipinski definition) is 7. The lowest BCUT2D eigenvalue weighted by atomic mass is 10.1. The molecule has 0 atom stereocenters. The minimum atomic E-state index is -0.302. The Morgan fingerprint density at radius 2 is 1.73 bits per heavy atom. The fourth-order valence-electron chi connectivity index (χ4n) is 3.26. The van der Waals surface area contributed by atoms with Gasteiger partial charge in [-0.15, -0.1) is 0 Å². The largest absolute Gasteiger partial charge is 0.493 e. The van der Waals surface area contributed by atoms with Crippen LogP contribution in [0.5, 0.6) is 17.2 Å². The molecule has 1 aliphatic heterocycles. The van der Waals surface area contributed by atoms with Crippen molar-refractivity contribution < 1.29 is 18.6 Å². The topological polar surface area (TPSA) is 65.3 Å². The van der Waals surface area contributed by atoms with Gasteiger partial charge in [0.1, 0.15) is 19.2 Å². The van der Waals surface area contributed by atoms with E-state index in [2.05, 4.69) is 4.99 Å². The van der Waals surface area contributed by atoms with Crippen LogP contribution >= 0.6 is 11.3 Å². The second-order valence-electron chi connectivity index (χ2n) is 6.54. The van der Waals surface area contributed by atoms with E-state index in [1.165, 1.54) is 30.6 Å². The molecule has 3 aromatic rings. The summed E-state index contributed by atoms with van der Waals surface area (Å²) in [5, 5.41) is 0. The van der Waals surface area contributed by atoms with E-state index in [0.717, 1.165) is 11.3 Å². The molecule has 0 amide bonds. The van der Waals surface area contributed by atoms with E-state index >= 15 is 0 Å². The van der Waals surface area contributed by atoms with Crippen molar-refractivity contribution in [1.82, 2.24) is 4.57 Å². The number of hydrogen-bond donors (Lipinski definition) is 0. The van der Waals surface area contributed by atoms with Crippen molar-refractivity contribution in [3.05, 3.63) is 67.5 Å². The number of aromatic nitrogens is 1. The molecule has 0 unspecified atom stereocenters. The van der Waals surface area contributed by atoms with Crippen molar-refractivity contribution >= 4 is 23.1 Å². The highest BCUT2D eigenvalue weighted by atomic mass is 32.1. The summed E-state index contributed by atoms with van der Waals surface area (Å²) in [6.45, 7) is 0.748. The second kappa shape index (κ2) is 8.19. The van der Waals surface area contributed by atoms with Crippen molar-refractivity contribution in [1.29, 1.82) is 0 Å². The van der Waals surface area contributed by atoms with Crippen LogP contribution in [0.1, 0.15) is 5.56 Å². The van der Waals surface area contributed by atoms with Gasteiger partial charge >= 0.3 is 0 Å². The fraction of sp³-hybridized carbons (Fsp3) is 0.238. The van der Waals surface area contributed by atoms with Crippen LogP contribution < -0.4 is 34.0 Å². The number of halogens is 1. The van der Waals surface area contributed by atoms with Crippen LogP contribution in [0.25, 0.3) is 6.08 Å². The van der Waals surface area contributed by atoms with Crippen LogP contribution in [-0.2, 0) is 6.67 Å². The Hall–Kier alpha value is -3.33. The van der Waals surface area contributed by atoms with Crippen LogP contribution in [0, 0.1) is 5.82 Å². The Labute approximate surface area is 175 Å². The number of methoxy groups -OCH3 is 3. The zero-order valence-electron chi connectivity index (χ0n) is 16.7. The van der Waals surface area contributed by atoms with E-state index < -0.39 is 0 Å². The van der Waals surface area contributed by atoms with Gasteiger partial charge in [0.2, 0.25) is 5.75 Å². The zero-order chi connectivity index (χ0) is 21.3. The van der Waals surface area contributed by atoms with E-state index in [4.69, 9.17) is 14.2 Å². The lowest BCUT2D eigenvalue weighted by Gasteiger charge is -2.25. The third-order valence-electron chi connectivity index (χ3n) is 4.75. The summed E-state index contributed by atoms with van der Waals surface area (Å²) in [6.07, 6.45) is 1.78. The quantitative estimate of drug-likeness (QED) is 0.621. The molecule has 0 radical (unpaired) electrons. The van der Waals surface area contributed by atoms with Crippen molar-refractivity contribution in [2.75, 3.05) is 32.9 Å². The summed E-state index contributed by atoms with van der Waals surface area (Å²) >= 11 is 1.32. The number of anilines is 1. The Morgan fingerprint density at radius 1 is 1.07 bits per heavy atom. The molecule has 0 bridgehead atoms. The van der Waals surface area contributed by atoms with Gasteiger partial charge < -0.3 is 19.1 Å². The van der Waals surface area contributed by atoms with Crippen molar-refractivity contribution in [3.63, 3.8) is 0 Å². The first-order valence-electron chi connectivity index (χ1n) is 9.10.